The van der Waals surface area contributed by atoms with E-state index in [0.717, 1.165) is 56.3 Å². The highest BCUT2D eigenvalue weighted by atomic mass is 16.5. The van der Waals surface area contributed by atoms with Gasteiger partial charge in [-0.05, 0) is 96.4 Å². The molecule has 1 aliphatic rings. The SMILES string of the molecule is [3H]C#COC(=O)C(CC(=O)[C@H](CCCCNC)NC(=O)[C@@H](Cc1cn(C)c2ccccc12)NC(=O)OCC1c2ccccc2-c2ccccc21)Cc1ccc(OCc2ccccc2)cc1. The maximum Gasteiger partial charge on any atom is 0.407 e. The molecule has 3 atom stereocenters. The lowest BCUT2D eigenvalue weighted by Crippen LogP contribution is -2.53. The minimum Gasteiger partial charge on any atom is -0.489 e. The molecule has 6 aromatic rings. The van der Waals surface area contributed by atoms with Gasteiger partial charge >= 0.3 is 12.1 Å². The van der Waals surface area contributed by atoms with Crippen molar-refractivity contribution in [3.8, 4) is 29.4 Å². The molecule has 7 rings (SSSR count). The molecule has 11 nitrogen and oxygen atoms in total. The summed E-state index contributed by atoms with van der Waals surface area (Å²) in [5.41, 5.74) is 7.87. The number of amides is 2. The number of rotatable bonds is 21. The van der Waals surface area contributed by atoms with Crippen molar-refractivity contribution in [1.82, 2.24) is 20.5 Å². The Hall–Kier alpha value is -7.16. The summed E-state index contributed by atoms with van der Waals surface area (Å²) in [5, 5.41) is 9.86. The van der Waals surface area contributed by atoms with Crippen molar-refractivity contribution < 1.29 is 34.8 Å². The minimum absolute atomic E-state index is 0.0561. The van der Waals surface area contributed by atoms with E-state index < -0.39 is 36.0 Å². The van der Waals surface area contributed by atoms with Crippen LogP contribution in [0, 0.1) is 18.4 Å². The van der Waals surface area contributed by atoms with Crippen LogP contribution in [0.15, 0.2) is 134 Å². The van der Waals surface area contributed by atoms with E-state index in [4.69, 9.17) is 15.6 Å². The number of ketones is 1. The number of unbranched alkanes of at least 4 members (excludes halogenated alkanes) is 1. The number of ether oxygens (including phenoxy) is 3. The average molecular weight is 861 g/mol. The van der Waals surface area contributed by atoms with Gasteiger partial charge in [0.15, 0.2) is 5.78 Å². The summed E-state index contributed by atoms with van der Waals surface area (Å²) in [4.78, 5) is 56.1. The molecule has 0 radical (unpaired) electrons. The van der Waals surface area contributed by atoms with Gasteiger partial charge in [-0.1, -0.05) is 116 Å². The number of aryl methyl sites for hydroxylation is 1. The summed E-state index contributed by atoms with van der Waals surface area (Å²) in [6.45, 7) is 1.15. The number of esters is 1. The Morgan fingerprint density at radius 1 is 0.781 bits per heavy atom. The van der Waals surface area contributed by atoms with Crippen LogP contribution in [0.5, 0.6) is 5.75 Å². The van der Waals surface area contributed by atoms with Gasteiger partial charge in [0.25, 0.3) is 0 Å². The van der Waals surface area contributed by atoms with Crippen molar-refractivity contribution in [2.24, 2.45) is 13.0 Å². The first-order chi connectivity index (χ1) is 31.7. The Bertz CT molecular complexity index is 2610. The molecule has 0 saturated heterocycles. The van der Waals surface area contributed by atoms with E-state index in [1.54, 1.807) is 12.1 Å². The predicted molar refractivity (Wildman–Crippen MR) is 247 cm³/mol. The summed E-state index contributed by atoms with van der Waals surface area (Å²) < 4.78 is 26.1. The van der Waals surface area contributed by atoms with Crippen molar-refractivity contribution in [3.05, 3.63) is 161 Å². The third-order valence-corrected chi connectivity index (χ3v) is 11.8. The molecule has 0 bridgehead atoms. The molecule has 3 N–H and O–H groups in total. The summed E-state index contributed by atoms with van der Waals surface area (Å²) >= 11 is 0. The normalized spacial score (nSPS) is 13.2. The van der Waals surface area contributed by atoms with Gasteiger partial charge in [0.1, 0.15) is 32.5 Å². The second kappa shape index (κ2) is 21.8. The van der Waals surface area contributed by atoms with Gasteiger partial charge in [-0.3, -0.25) is 14.4 Å². The average Bonchev–Trinajstić information content (AvgIpc) is 3.83. The summed E-state index contributed by atoms with van der Waals surface area (Å²) in [6.07, 6.45) is 6.65. The summed E-state index contributed by atoms with van der Waals surface area (Å²) in [7, 11) is 3.76. The molecule has 1 unspecified atom stereocenters. The largest absolute Gasteiger partial charge is 0.489 e. The topological polar surface area (TPSA) is 137 Å². The van der Waals surface area contributed by atoms with Crippen molar-refractivity contribution in [1.29, 1.82) is 0 Å². The molecule has 11 heteroatoms. The fourth-order valence-corrected chi connectivity index (χ4v) is 8.54. The number of benzene rings is 5. The van der Waals surface area contributed by atoms with Crippen molar-refractivity contribution >= 4 is 34.7 Å². The number of aromatic nitrogens is 1. The number of nitrogens with one attached hydrogen (secondary N) is 3. The molecule has 64 heavy (non-hydrogen) atoms. The zero-order valence-corrected chi connectivity index (χ0v) is 36.2. The molecule has 1 aliphatic carbocycles. The third-order valence-electron chi connectivity index (χ3n) is 11.8. The number of fused-ring (bicyclic) bond motifs is 4. The molecule has 2 amide bonds. The van der Waals surface area contributed by atoms with E-state index >= 15 is 0 Å². The van der Waals surface area contributed by atoms with E-state index in [-0.39, 0.29) is 37.6 Å². The van der Waals surface area contributed by atoms with Gasteiger partial charge in [-0.2, -0.15) is 0 Å². The van der Waals surface area contributed by atoms with Gasteiger partial charge in [0.05, 0.1) is 12.0 Å². The molecular weight excluding hydrogens is 805 g/mol. The summed E-state index contributed by atoms with van der Waals surface area (Å²) in [5.74, 6) is -2.21. The highest BCUT2D eigenvalue weighted by molar-refractivity contribution is 5.94. The van der Waals surface area contributed by atoms with Crippen LogP contribution in [0.25, 0.3) is 22.0 Å². The number of alkyl carbamates (subject to hydrolysis) is 1. The van der Waals surface area contributed by atoms with Crippen LogP contribution >= 0.6 is 0 Å². The predicted octanol–water partition coefficient (Wildman–Crippen LogP) is 8.03. The number of Topliss-reactive ketones (excluding diaryl/α,β-unsaturated/α-hetero) is 1. The lowest BCUT2D eigenvalue weighted by molar-refractivity contribution is -0.143. The maximum absolute atomic E-state index is 14.5. The van der Waals surface area contributed by atoms with E-state index in [1.807, 2.05) is 134 Å². The van der Waals surface area contributed by atoms with Crippen LogP contribution in [0.2, 0.25) is 0 Å². The number of nitrogens with zero attached hydrogens (tertiary/aromatic N) is 1. The van der Waals surface area contributed by atoms with Crippen LogP contribution in [0.4, 0.5) is 4.79 Å². The first kappa shape index (κ1) is 43.5. The molecule has 0 aliphatic heterocycles. The Labute approximate surface area is 375 Å². The molecular formula is C53H54N4O7. The fraction of sp³-hybridized carbons (Fsp3) is 0.283. The van der Waals surface area contributed by atoms with E-state index in [2.05, 4.69) is 34.2 Å². The Balaban J connectivity index is 1.08. The number of hydrogen-bond acceptors (Lipinski definition) is 8. The van der Waals surface area contributed by atoms with Gasteiger partial charge in [0, 0.05) is 42.9 Å². The third kappa shape index (κ3) is 11.3. The highest BCUT2D eigenvalue weighted by Crippen LogP contribution is 2.44. The van der Waals surface area contributed by atoms with Gasteiger partial charge in [0.2, 0.25) is 5.91 Å². The van der Waals surface area contributed by atoms with Crippen LogP contribution in [-0.4, -0.2) is 60.6 Å². The maximum atomic E-state index is 14.5. The number of carbonyl (C=O) groups is 4. The smallest absolute Gasteiger partial charge is 0.407 e. The van der Waals surface area contributed by atoms with Gasteiger partial charge in [-0.15, -0.1) is 0 Å². The number of para-hydroxylation sites is 1. The number of terminal acetylenes is 1. The second-order valence-electron chi connectivity index (χ2n) is 16.2. The Morgan fingerprint density at radius 3 is 2.19 bits per heavy atom. The molecule has 1 heterocycles. The lowest BCUT2D eigenvalue weighted by Gasteiger charge is -2.24. The minimum atomic E-state index is -1.13. The van der Waals surface area contributed by atoms with E-state index in [1.165, 1.54) is 0 Å². The van der Waals surface area contributed by atoms with Crippen LogP contribution in [0.1, 0.15) is 60.8 Å². The zero-order valence-electron chi connectivity index (χ0n) is 37.2. The quantitative estimate of drug-likeness (QED) is 0.0376. The number of carbonyl (C=O) groups excluding carboxylic acids is 4. The van der Waals surface area contributed by atoms with Crippen molar-refractivity contribution in [3.63, 3.8) is 0 Å². The molecule has 5 aromatic carbocycles. The molecule has 1 aromatic heterocycles. The molecule has 0 spiro atoms. The summed E-state index contributed by atoms with van der Waals surface area (Å²) in [6, 6.07) is 38.9. The molecule has 0 saturated carbocycles. The van der Waals surface area contributed by atoms with Crippen LogP contribution < -0.4 is 20.7 Å². The standard InChI is InChI=1S/C53H54N4O7/c1-4-62-52(60)38(30-36-25-27-40(28-26-36)63-34-37-16-6-5-7-17-37)32-50(58)47(23-14-15-29-54-2)55-51(59)48(31-39-33-57(3)49-24-13-12-18-41(39)49)56-53(61)64-35-46-44-21-10-8-19-42(44)43-20-9-11-22-45(43)46/h1,5-13,16-22,24-28,33,38,46-48,54H,14-15,23,29-32,34-35H2,2-3H3,(H,55,59)(H,56,61)/t38?,47-,48+/m0/s1/i1T. The van der Waals surface area contributed by atoms with E-state index in [0.29, 0.717) is 31.7 Å². The van der Waals surface area contributed by atoms with Crippen molar-refractivity contribution in [2.45, 2.75) is 63.1 Å². The highest BCUT2D eigenvalue weighted by Gasteiger charge is 2.33. The van der Waals surface area contributed by atoms with Crippen molar-refractivity contribution in [2.75, 3.05) is 20.2 Å². The Morgan fingerprint density at radius 2 is 1.47 bits per heavy atom. The lowest BCUT2D eigenvalue weighted by atomic mass is 9.90. The van der Waals surface area contributed by atoms with Crippen LogP contribution in [0.3, 0.4) is 0 Å². The zero-order chi connectivity index (χ0) is 45.5. The molecule has 328 valence electrons. The first-order valence-electron chi connectivity index (χ1n) is 22.2. The number of hydrogen-bond donors (Lipinski definition) is 3. The Kier molecular flexibility index (Phi) is 14.8. The fourth-order valence-electron chi connectivity index (χ4n) is 8.54. The van der Waals surface area contributed by atoms with Gasteiger partial charge in [-0.25, -0.2) is 4.79 Å². The van der Waals surface area contributed by atoms with Crippen LogP contribution in [-0.2, 0) is 50.4 Å². The second-order valence-corrected chi connectivity index (χ2v) is 16.2. The first-order valence-corrected chi connectivity index (χ1v) is 21.7. The van der Waals surface area contributed by atoms with Gasteiger partial charge < -0.3 is 34.7 Å². The monoisotopic (exact) mass is 860 g/mol. The van der Waals surface area contributed by atoms with E-state index in [9.17, 15) is 19.2 Å². The molecule has 0 fully saturated rings.